The van der Waals surface area contributed by atoms with E-state index in [4.69, 9.17) is 0 Å². The quantitative estimate of drug-likeness (QED) is 0.782. The van der Waals surface area contributed by atoms with Gasteiger partial charge >= 0.3 is 0 Å². The van der Waals surface area contributed by atoms with Crippen LogP contribution in [-0.2, 0) is 13.0 Å². The molecule has 0 amide bonds. The molecule has 1 atom stereocenters. The van der Waals surface area contributed by atoms with E-state index in [0.717, 1.165) is 19.5 Å². The average molecular weight is 249 g/mol. The van der Waals surface area contributed by atoms with Crippen molar-refractivity contribution < 1.29 is 4.39 Å². The van der Waals surface area contributed by atoms with Crippen LogP contribution in [0.15, 0.2) is 18.2 Å². The number of alkyl halides is 1. The molecule has 1 unspecified atom stereocenters. The molecule has 2 heteroatoms. The minimum absolute atomic E-state index is 0.558. The van der Waals surface area contributed by atoms with E-state index in [1.54, 1.807) is 0 Å². The van der Waals surface area contributed by atoms with E-state index in [9.17, 15) is 4.39 Å². The van der Waals surface area contributed by atoms with Crippen molar-refractivity contribution in [2.45, 2.75) is 52.2 Å². The molecule has 1 saturated heterocycles. The zero-order valence-electron chi connectivity index (χ0n) is 11.7. The number of aryl methyl sites for hydroxylation is 1. The van der Waals surface area contributed by atoms with Crippen LogP contribution in [0.2, 0.25) is 0 Å². The topological polar surface area (TPSA) is 3.24 Å². The van der Waals surface area contributed by atoms with Gasteiger partial charge in [-0.25, -0.2) is 4.39 Å². The molecule has 0 bridgehead atoms. The molecule has 1 aromatic rings. The highest BCUT2D eigenvalue weighted by molar-refractivity contribution is 5.32. The SMILES string of the molecule is CCc1cc(CN2CCC(F)C2)cc(C(C)C)c1. The lowest BCUT2D eigenvalue weighted by Gasteiger charge is -2.17. The van der Waals surface area contributed by atoms with Crippen LogP contribution in [0.5, 0.6) is 0 Å². The van der Waals surface area contributed by atoms with E-state index in [1.165, 1.54) is 16.7 Å². The highest BCUT2D eigenvalue weighted by atomic mass is 19.1. The van der Waals surface area contributed by atoms with E-state index in [1.807, 2.05) is 0 Å². The summed E-state index contributed by atoms with van der Waals surface area (Å²) in [6, 6.07) is 6.86. The monoisotopic (exact) mass is 249 g/mol. The van der Waals surface area contributed by atoms with Crippen molar-refractivity contribution in [2.75, 3.05) is 13.1 Å². The van der Waals surface area contributed by atoms with Crippen LogP contribution in [0, 0.1) is 0 Å². The number of nitrogens with zero attached hydrogens (tertiary/aromatic N) is 1. The van der Waals surface area contributed by atoms with Crippen molar-refractivity contribution in [1.29, 1.82) is 0 Å². The molecule has 0 saturated carbocycles. The zero-order valence-corrected chi connectivity index (χ0v) is 11.7. The number of rotatable bonds is 4. The summed E-state index contributed by atoms with van der Waals surface area (Å²) in [6.45, 7) is 9.05. The fraction of sp³-hybridized carbons (Fsp3) is 0.625. The molecule has 1 aromatic carbocycles. The van der Waals surface area contributed by atoms with Crippen molar-refractivity contribution in [3.05, 3.63) is 34.9 Å². The zero-order chi connectivity index (χ0) is 13.1. The van der Waals surface area contributed by atoms with Crippen molar-refractivity contribution in [2.24, 2.45) is 0 Å². The maximum atomic E-state index is 13.2. The van der Waals surface area contributed by atoms with Crippen LogP contribution >= 0.6 is 0 Å². The van der Waals surface area contributed by atoms with Crippen LogP contribution in [0.25, 0.3) is 0 Å². The van der Waals surface area contributed by atoms with Crippen LogP contribution in [0.4, 0.5) is 4.39 Å². The Morgan fingerprint density at radius 2 is 2.00 bits per heavy atom. The summed E-state index contributed by atoms with van der Waals surface area (Å²) in [7, 11) is 0. The van der Waals surface area contributed by atoms with Gasteiger partial charge < -0.3 is 0 Å². The molecule has 100 valence electrons. The fourth-order valence-electron chi connectivity index (χ4n) is 2.61. The number of hydrogen-bond donors (Lipinski definition) is 0. The first-order valence-corrected chi connectivity index (χ1v) is 7.07. The van der Waals surface area contributed by atoms with E-state index >= 15 is 0 Å². The van der Waals surface area contributed by atoms with Crippen molar-refractivity contribution in [3.63, 3.8) is 0 Å². The van der Waals surface area contributed by atoms with Gasteiger partial charge in [0.05, 0.1) is 0 Å². The summed E-state index contributed by atoms with van der Waals surface area (Å²) < 4.78 is 13.2. The van der Waals surface area contributed by atoms with Gasteiger partial charge in [-0.05, 0) is 35.4 Å². The van der Waals surface area contributed by atoms with Crippen LogP contribution in [0.1, 0.15) is 49.8 Å². The molecule has 2 rings (SSSR count). The fourth-order valence-corrected chi connectivity index (χ4v) is 2.61. The molecule has 0 radical (unpaired) electrons. The van der Waals surface area contributed by atoms with Crippen LogP contribution in [-0.4, -0.2) is 24.2 Å². The Labute approximate surface area is 110 Å². The van der Waals surface area contributed by atoms with E-state index in [-0.39, 0.29) is 0 Å². The minimum Gasteiger partial charge on any atom is -0.296 e. The Morgan fingerprint density at radius 1 is 1.28 bits per heavy atom. The van der Waals surface area contributed by atoms with Gasteiger partial charge in [-0.1, -0.05) is 39.0 Å². The third kappa shape index (κ3) is 3.32. The normalized spacial score (nSPS) is 20.8. The molecule has 0 aliphatic carbocycles. The lowest BCUT2D eigenvalue weighted by Crippen LogP contribution is -2.20. The first-order chi connectivity index (χ1) is 8.58. The van der Waals surface area contributed by atoms with Crippen molar-refractivity contribution in [1.82, 2.24) is 4.90 Å². The lowest BCUT2D eigenvalue weighted by atomic mass is 9.96. The Bertz CT molecular complexity index is 400. The van der Waals surface area contributed by atoms with Crippen molar-refractivity contribution >= 4 is 0 Å². The Balaban J connectivity index is 2.13. The third-order valence-corrected chi connectivity index (χ3v) is 3.77. The number of halogens is 1. The predicted molar refractivity (Wildman–Crippen MR) is 74.7 cm³/mol. The summed E-state index contributed by atoms with van der Waals surface area (Å²) in [5.74, 6) is 0.558. The molecule has 1 fully saturated rings. The maximum absolute atomic E-state index is 13.2. The van der Waals surface area contributed by atoms with Crippen LogP contribution < -0.4 is 0 Å². The van der Waals surface area contributed by atoms with E-state index < -0.39 is 6.17 Å². The van der Waals surface area contributed by atoms with Crippen LogP contribution in [0.3, 0.4) is 0 Å². The van der Waals surface area contributed by atoms with Gasteiger partial charge in [0.1, 0.15) is 6.17 Å². The molecule has 1 nitrogen and oxygen atoms in total. The summed E-state index contributed by atoms with van der Waals surface area (Å²) in [4.78, 5) is 2.23. The molecule has 1 aliphatic heterocycles. The summed E-state index contributed by atoms with van der Waals surface area (Å²) in [5, 5.41) is 0. The number of benzene rings is 1. The molecular weight excluding hydrogens is 225 g/mol. The first kappa shape index (κ1) is 13.5. The highest BCUT2D eigenvalue weighted by Crippen LogP contribution is 2.22. The second-order valence-corrected chi connectivity index (χ2v) is 5.71. The van der Waals surface area contributed by atoms with E-state index in [2.05, 4.69) is 43.9 Å². The van der Waals surface area contributed by atoms with Gasteiger partial charge in [0.15, 0.2) is 0 Å². The average Bonchev–Trinajstić information content (AvgIpc) is 2.74. The molecule has 0 spiro atoms. The predicted octanol–water partition coefficient (Wildman–Crippen LogP) is 3.92. The second-order valence-electron chi connectivity index (χ2n) is 5.71. The number of hydrogen-bond acceptors (Lipinski definition) is 1. The molecule has 18 heavy (non-hydrogen) atoms. The molecule has 0 N–H and O–H groups in total. The Morgan fingerprint density at radius 3 is 2.56 bits per heavy atom. The molecule has 1 aliphatic rings. The Hall–Kier alpha value is -0.890. The van der Waals surface area contributed by atoms with Crippen molar-refractivity contribution in [3.8, 4) is 0 Å². The summed E-state index contributed by atoms with van der Waals surface area (Å²) in [5.41, 5.74) is 4.14. The lowest BCUT2D eigenvalue weighted by molar-refractivity contribution is 0.282. The molecule has 1 heterocycles. The van der Waals surface area contributed by atoms with Gasteiger partial charge in [-0.3, -0.25) is 4.90 Å². The largest absolute Gasteiger partial charge is 0.296 e. The minimum atomic E-state index is -0.621. The highest BCUT2D eigenvalue weighted by Gasteiger charge is 2.21. The molecular formula is C16H24FN. The summed E-state index contributed by atoms with van der Waals surface area (Å²) >= 11 is 0. The van der Waals surface area contributed by atoms with E-state index in [0.29, 0.717) is 18.9 Å². The second kappa shape index (κ2) is 5.83. The van der Waals surface area contributed by atoms with Gasteiger partial charge in [0.25, 0.3) is 0 Å². The standard InChI is InChI=1S/C16H24FN/c1-4-13-7-14(9-15(8-13)12(2)3)10-18-6-5-16(17)11-18/h7-9,12,16H,4-6,10-11H2,1-3H3. The number of likely N-dealkylation sites (tertiary alicyclic amines) is 1. The Kier molecular flexibility index (Phi) is 4.39. The van der Waals surface area contributed by atoms with Gasteiger partial charge in [-0.2, -0.15) is 0 Å². The first-order valence-electron chi connectivity index (χ1n) is 7.07. The smallest absolute Gasteiger partial charge is 0.114 e. The summed E-state index contributed by atoms with van der Waals surface area (Å²) in [6.07, 6.45) is 1.15. The van der Waals surface area contributed by atoms with Gasteiger partial charge in [0.2, 0.25) is 0 Å². The van der Waals surface area contributed by atoms with Gasteiger partial charge in [-0.15, -0.1) is 0 Å². The third-order valence-electron chi connectivity index (χ3n) is 3.77. The maximum Gasteiger partial charge on any atom is 0.114 e. The molecule has 0 aromatic heterocycles. The van der Waals surface area contributed by atoms with Gasteiger partial charge in [0, 0.05) is 19.6 Å².